The van der Waals surface area contributed by atoms with E-state index in [2.05, 4.69) is 137 Å². The number of nitrogens with zero attached hydrogens (tertiary/aromatic N) is 5. The van der Waals surface area contributed by atoms with E-state index in [0.29, 0.717) is 11.5 Å². The third kappa shape index (κ3) is 4.45. The monoisotopic (exact) mass is 639 g/mol. The Labute approximate surface area is 288 Å². The largest absolute Gasteiger partial charge is 0.307 e. The van der Waals surface area contributed by atoms with E-state index < -0.39 is 0 Å². The van der Waals surface area contributed by atoms with Crippen molar-refractivity contribution in [2.75, 3.05) is 0 Å². The lowest BCUT2D eigenvalue weighted by atomic mass is 10.1. The maximum Gasteiger partial charge on any atom is 0.179 e. The molecular formula is C45H29N5. The summed E-state index contributed by atoms with van der Waals surface area (Å²) in [5.41, 5.74) is 11.2. The molecule has 0 saturated heterocycles. The van der Waals surface area contributed by atoms with E-state index in [0.717, 1.165) is 44.9 Å². The first-order chi connectivity index (χ1) is 24.8. The summed E-state index contributed by atoms with van der Waals surface area (Å²) in [4.78, 5) is 15.1. The summed E-state index contributed by atoms with van der Waals surface area (Å²) in [5.74, 6) is 0.588. The molecule has 10 rings (SSSR count). The highest BCUT2D eigenvalue weighted by atomic mass is 15.1. The molecule has 4 aromatic heterocycles. The molecule has 0 bridgehead atoms. The third-order valence-corrected chi connectivity index (χ3v) is 9.58. The molecule has 5 nitrogen and oxygen atoms in total. The SMILES string of the molecule is c1ccc(-c2cc(-c3ccccc3)nc(-c3ccc(-n4c5ccccc5c5ccc6c7ccccc7n(-c7ccccc7)c6c54)cn3)n2)cc1. The van der Waals surface area contributed by atoms with Crippen molar-refractivity contribution < 1.29 is 0 Å². The molecule has 6 aromatic carbocycles. The van der Waals surface area contributed by atoms with Crippen molar-refractivity contribution in [3.8, 4) is 45.4 Å². The normalized spacial score (nSPS) is 11.6. The van der Waals surface area contributed by atoms with Crippen LogP contribution >= 0.6 is 0 Å². The Balaban J connectivity index is 1.21. The molecule has 0 aliphatic heterocycles. The van der Waals surface area contributed by atoms with Crippen molar-refractivity contribution in [2.45, 2.75) is 0 Å². The summed E-state index contributed by atoms with van der Waals surface area (Å²) < 4.78 is 4.76. The van der Waals surface area contributed by atoms with Gasteiger partial charge in [0, 0.05) is 38.4 Å². The Kier molecular flexibility index (Phi) is 6.42. The number of rotatable bonds is 5. The van der Waals surface area contributed by atoms with Crippen LogP contribution in [0.2, 0.25) is 0 Å². The first-order valence-corrected chi connectivity index (χ1v) is 16.8. The second-order valence-electron chi connectivity index (χ2n) is 12.5. The van der Waals surface area contributed by atoms with E-state index in [1.165, 1.54) is 32.6 Å². The number of benzene rings is 6. The van der Waals surface area contributed by atoms with Gasteiger partial charge in [-0.15, -0.1) is 0 Å². The van der Waals surface area contributed by atoms with Crippen LogP contribution in [0.1, 0.15) is 0 Å². The molecule has 0 N–H and O–H groups in total. The lowest BCUT2D eigenvalue weighted by molar-refractivity contribution is 1.11. The van der Waals surface area contributed by atoms with E-state index in [1.807, 2.05) is 48.7 Å². The van der Waals surface area contributed by atoms with Gasteiger partial charge < -0.3 is 9.13 Å². The van der Waals surface area contributed by atoms with Crippen LogP contribution in [0.3, 0.4) is 0 Å². The molecule has 0 aliphatic rings. The predicted molar refractivity (Wildman–Crippen MR) is 205 cm³/mol. The fourth-order valence-electron chi connectivity index (χ4n) is 7.34. The van der Waals surface area contributed by atoms with Crippen molar-refractivity contribution in [1.29, 1.82) is 0 Å². The first kappa shape index (κ1) is 28.2. The van der Waals surface area contributed by atoms with Crippen LogP contribution in [0.5, 0.6) is 0 Å². The van der Waals surface area contributed by atoms with Crippen molar-refractivity contribution >= 4 is 43.6 Å². The zero-order valence-corrected chi connectivity index (χ0v) is 27.0. The maximum atomic E-state index is 5.04. The molecule has 234 valence electrons. The van der Waals surface area contributed by atoms with Gasteiger partial charge in [0.1, 0.15) is 5.69 Å². The molecule has 0 atom stereocenters. The summed E-state index contributed by atoms with van der Waals surface area (Å²) in [7, 11) is 0. The lowest BCUT2D eigenvalue weighted by Gasteiger charge is -2.13. The van der Waals surface area contributed by atoms with E-state index in [-0.39, 0.29) is 0 Å². The summed E-state index contributed by atoms with van der Waals surface area (Å²) in [5, 5.41) is 4.83. The van der Waals surface area contributed by atoms with Gasteiger partial charge in [-0.2, -0.15) is 0 Å². The Morgan fingerprint density at radius 2 is 0.840 bits per heavy atom. The van der Waals surface area contributed by atoms with E-state index in [4.69, 9.17) is 15.0 Å². The highest BCUT2D eigenvalue weighted by Crippen LogP contribution is 2.41. The second kappa shape index (κ2) is 11.4. The molecule has 0 amide bonds. The van der Waals surface area contributed by atoms with Gasteiger partial charge in [-0.25, -0.2) is 9.97 Å². The highest BCUT2D eigenvalue weighted by Gasteiger charge is 2.21. The molecule has 0 radical (unpaired) electrons. The van der Waals surface area contributed by atoms with E-state index >= 15 is 0 Å². The molecule has 0 spiro atoms. The number of pyridine rings is 1. The van der Waals surface area contributed by atoms with Crippen molar-refractivity contribution in [1.82, 2.24) is 24.1 Å². The van der Waals surface area contributed by atoms with Crippen molar-refractivity contribution in [2.24, 2.45) is 0 Å². The third-order valence-electron chi connectivity index (χ3n) is 9.58. The van der Waals surface area contributed by atoms with Crippen LogP contribution in [-0.2, 0) is 0 Å². The Morgan fingerprint density at radius 3 is 1.36 bits per heavy atom. The maximum absolute atomic E-state index is 5.04. The molecular weight excluding hydrogens is 611 g/mol. The quantitative estimate of drug-likeness (QED) is 0.188. The molecule has 0 saturated carbocycles. The Morgan fingerprint density at radius 1 is 0.360 bits per heavy atom. The van der Waals surface area contributed by atoms with Gasteiger partial charge in [-0.05, 0) is 42.5 Å². The zero-order chi connectivity index (χ0) is 33.0. The summed E-state index contributed by atoms with van der Waals surface area (Å²) in [6.07, 6.45) is 1.95. The molecule has 0 aliphatic carbocycles. The average Bonchev–Trinajstić information content (AvgIpc) is 3.72. The Bertz CT molecular complexity index is 2780. The van der Waals surface area contributed by atoms with Gasteiger partial charge in [0.2, 0.25) is 0 Å². The number of aromatic nitrogens is 5. The molecule has 10 aromatic rings. The highest BCUT2D eigenvalue weighted by molar-refractivity contribution is 6.23. The molecule has 0 unspecified atom stereocenters. The van der Waals surface area contributed by atoms with Gasteiger partial charge in [0.15, 0.2) is 5.82 Å². The fourth-order valence-corrected chi connectivity index (χ4v) is 7.34. The number of hydrogen-bond acceptors (Lipinski definition) is 3. The zero-order valence-electron chi connectivity index (χ0n) is 27.0. The number of hydrogen-bond donors (Lipinski definition) is 0. The van der Waals surface area contributed by atoms with Gasteiger partial charge >= 0.3 is 0 Å². The predicted octanol–water partition coefficient (Wildman–Crippen LogP) is 11.1. The molecule has 50 heavy (non-hydrogen) atoms. The molecule has 5 heteroatoms. The smallest absolute Gasteiger partial charge is 0.179 e. The van der Waals surface area contributed by atoms with E-state index in [9.17, 15) is 0 Å². The van der Waals surface area contributed by atoms with Crippen molar-refractivity contribution in [3.63, 3.8) is 0 Å². The topological polar surface area (TPSA) is 48.5 Å². The molecule has 4 heterocycles. The number of para-hydroxylation sites is 3. The number of fused-ring (bicyclic) bond motifs is 7. The van der Waals surface area contributed by atoms with Crippen LogP contribution in [0, 0.1) is 0 Å². The van der Waals surface area contributed by atoms with Gasteiger partial charge in [0.25, 0.3) is 0 Å². The van der Waals surface area contributed by atoms with Crippen LogP contribution in [0.25, 0.3) is 89.0 Å². The van der Waals surface area contributed by atoms with Crippen molar-refractivity contribution in [3.05, 3.63) is 176 Å². The summed E-state index contributed by atoms with van der Waals surface area (Å²) in [6, 6.07) is 59.2. The van der Waals surface area contributed by atoms with Crippen LogP contribution < -0.4 is 0 Å². The fraction of sp³-hybridized carbons (Fsp3) is 0. The minimum absolute atomic E-state index is 0.588. The van der Waals surface area contributed by atoms with Crippen LogP contribution in [-0.4, -0.2) is 24.1 Å². The second-order valence-corrected chi connectivity index (χ2v) is 12.5. The van der Waals surface area contributed by atoms with Crippen LogP contribution in [0.15, 0.2) is 176 Å². The van der Waals surface area contributed by atoms with Gasteiger partial charge in [-0.1, -0.05) is 127 Å². The Hall–Kier alpha value is -6.85. The van der Waals surface area contributed by atoms with Gasteiger partial charge in [-0.3, -0.25) is 4.98 Å². The van der Waals surface area contributed by atoms with Crippen LogP contribution in [0.4, 0.5) is 0 Å². The van der Waals surface area contributed by atoms with Gasteiger partial charge in [0.05, 0.1) is 45.3 Å². The minimum Gasteiger partial charge on any atom is -0.307 e. The summed E-state index contributed by atoms with van der Waals surface area (Å²) >= 11 is 0. The molecule has 0 fully saturated rings. The summed E-state index contributed by atoms with van der Waals surface area (Å²) in [6.45, 7) is 0. The lowest BCUT2D eigenvalue weighted by Crippen LogP contribution is -2.00. The average molecular weight is 640 g/mol. The van der Waals surface area contributed by atoms with E-state index in [1.54, 1.807) is 0 Å². The first-order valence-electron chi connectivity index (χ1n) is 16.8. The minimum atomic E-state index is 0.588. The standard InChI is InChI=1S/C45H29N5/c1-4-14-30(15-5-1)39-28-40(31-16-6-2-7-17-31)48-45(47-39)38-27-24-33(29-46-38)50-42-23-13-11-21-35(42)37-26-25-36-34-20-10-12-22-41(34)49(43(36)44(37)50)32-18-8-3-9-19-32/h1-29H.